The molecule has 1 fully saturated rings. The molecule has 1 saturated heterocycles. The number of carbonyl (C=O) groups excluding carboxylic acids is 1. The highest BCUT2D eigenvalue weighted by atomic mass is 31.3. The molecule has 158 valence electrons. The molecular formula is C10H13FN2O13P2. The Bertz CT molecular complexity index is 1110. The van der Waals surface area contributed by atoms with Crippen LogP contribution in [0.15, 0.2) is 15.8 Å². The minimum absolute atomic E-state index is 0.103. The number of phosphoric acid groups is 2. The molecule has 0 aliphatic carbocycles. The third-order valence-corrected chi connectivity index (χ3v) is 5.03. The Morgan fingerprint density at radius 1 is 1.43 bits per heavy atom. The highest BCUT2D eigenvalue weighted by Crippen LogP contribution is 2.58. The van der Waals surface area contributed by atoms with Gasteiger partial charge in [-0.1, -0.05) is 0 Å². The lowest BCUT2D eigenvalue weighted by Crippen LogP contribution is -2.43. The summed E-state index contributed by atoms with van der Waals surface area (Å²) in [6.45, 7) is -4.37. The van der Waals surface area contributed by atoms with Gasteiger partial charge in [-0.2, -0.15) is 4.31 Å². The Labute approximate surface area is 157 Å². The minimum Gasteiger partial charge on any atom is -0.385 e. The van der Waals surface area contributed by atoms with Gasteiger partial charge in [-0.25, -0.2) is 18.3 Å². The van der Waals surface area contributed by atoms with Gasteiger partial charge in [0.25, 0.3) is 11.4 Å². The molecule has 0 aromatic carbocycles. The van der Waals surface area contributed by atoms with E-state index >= 15 is 4.39 Å². The number of aldehydes is 1. The molecule has 5 atom stereocenters. The number of hydrogen-bond donors (Lipinski definition) is 6. The summed E-state index contributed by atoms with van der Waals surface area (Å²) in [4.78, 5) is 62.1. The van der Waals surface area contributed by atoms with Crippen molar-refractivity contribution >= 4 is 21.9 Å². The minimum atomic E-state index is -6.09. The van der Waals surface area contributed by atoms with Gasteiger partial charge in [0.1, 0.15) is 18.8 Å². The fourth-order valence-electron chi connectivity index (χ4n) is 1.89. The van der Waals surface area contributed by atoms with Crippen LogP contribution in [-0.4, -0.2) is 65.4 Å². The van der Waals surface area contributed by atoms with Crippen LogP contribution in [0, 0.1) is 0 Å². The number of H-pyrrole nitrogens is 1. The monoisotopic (exact) mass is 453 g/mol. The number of aliphatic hydroxyl groups excluding tert-OH is 2. The molecule has 28 heavy (non-hydrogen) atoms. The maximum atomic E-state index is 15.3. The zero-order valence-electron chi connectivity index (χ0n) is 16.0. The van der Waals surface area contributed by atoms with Gasteiger partial charge in [0, 0.05) is 6.20 Å². The van der Waals surface area contributed by atoms with Crippen LogP contribution >= 0.6 is 15.6 Å². The van der Waals surface area contributed by atoms with Crippen LogP contribution in [0.3, 0.4) is 0 Å². The molecule has 0 spiro atoms. The van der Waals surface area contributed by atoms with Gasteiger partial charge in [-0.3, -0.25) is 23.7 Å². The summed E-state index contributed by atoms with van der Waals surface area (Å²) in [6, 6.07) is 0. The van der Waals surface area contributed by atoms with E-state index in [0.717, 1.165) is 0 Å². The average Bonchev–Trinajstić information content (AvgIpc) is 2.74. The molecule has 6 N–H and O–H groups in total. The van der Waals surface area contributed by atoms with Crippen molar-refractivity contribution in [2.45, 2.75) is 24.3 Å². The summed E-state index contributed by atoms with van der Waals surface area (Å²) in [7, 11) is -11.9. The number of aromatic nitrogens is 2. The molecule has 0 amide bonds. The molecule has 15 nitrogen and oxygen atoms in total. The van der Waals surface area contributed by atoms with Crippen molar-refractivity contribution in [1.29, 1.82) is 0 Å². The highest BCUT2D eigenvalue weighted by Gasteiger charge is 2.57. The Balaban J connectivity index is 2.54. The van der Waals surface area contributed by atoms with Crippen molar-refractivity contribution in [3.63, 3.8) is 0 Å². The van der Waals surface area contributed by atoms with E-state index < -0.39 is 63.3 Å². The number of aromatic amines is 1. The molecule has 2 rings (SSSR count). The first kappa shape index (κ1) is 18.4. The summed E-state index contributed by atoms with van der Waals surface area (Å²) in [5.41, 5.74) is -3.67. The van der Waals surface area contributed by atoms with E-state index in [1.165, 1.54) is 4.98 Å². The average molecular weight is 453 g/mol. The fraction of sp³-hybridized carbons (Fsp3) is 0.500. The van der Waals surface area contributed by atoms with E-state index in [9.17, 15) is 38.6 Å². The van der Waals surface area contributed by atoms with Crippen LogP contribution in [0.2, 0.25) is 0 Å². The number of halogens is 1. The summed E-state index contributed by atoms with van der Waals surface area (Å²) in [5, 5.41) is 20.0. The van der Waals surface area contributed by atoms with Gasteiger partial charge < -0.3 is 29.6 Å². The van der Waals surface area contributed by atoms with E-state index in [2.05, 4.69) is 13.6 Å². The van der Waals surface area contributed by atoms with E-state index in [4.69, 9.17) is 13.9 Å². The number of nitrogens with one attached hydrogen (secondary N) is 1. The molecule has 0 bridgehead atoms. The topological polar surface area (TPSA) is 235 Å². The second kappa shape index (κ2) is 7.68. The van der Waals surface area contributed by atoms with Gasteiger partial charge >= 0.3 is 21.3 Å². The van der Waals surface area contributed by atoms with Crippen molar-refractivity contribution in [3.05, 3.63) is 32.6 Å². The number of rotatable bonds is 7. The normalized spacial score (nSPS) is 34.9. The van der Waals surface area contributed by atoms with E-state index in [1.54, 1.807) is 0 Å². The van der Waals surface area contributed by atoms with Crippen LogP contribution in [0.5, 0.6) is 0 Å². The maximum absolute atomic E-state index is 15.3. The Morgan fingerprint density at radius 3 is 2.57 bits per heavy atom. The van der Waals surface area contributed by atoms with E-state index in [1.807, 2.05) is 0 Å². The molecule has 18 heteroatoms. The molecule has 0 radical (unpaired) electrons. The van der Waals surface area contributed by atoms with Crippen LogP contribution in [-0.2, 0) is 22.7 Å². The number of ether oxygens (including phenoxy) is 1. The fourth-order valence-corrected chi connectivity index (χ4v) is 3.34. The Morgan fingerprint density at radius 2 is 2.04 bits per heavy atom. The number of hydrogen-bond acceptors (Lipinski definition) is 10. The van der Waals surface area contributed by atoms with Gasteiger partial charge in [0.2, 0.25) is 0 Å². The summed E-state index contributed by atoms with van der Waals surface area (Å²) >= 11 is 0. The van der Waals surface area contributed by atoms with Crippen molar-refractivity contribution in [1.82, 2.24) is 9.55 Å². The molecule has 1 aromatic heterocycles. The van der Waals surface area contributed by atoms with Crippen molar-refractivity contribution in [2.75, 3.05) is 6.56 Å². The molecule has 1 aliphatic heterocycles. The second-order valence-electron chi connectivity index (χ2n) is 5.04. The molecule has 1 unspecified atom stereocenters. The van der Waals surface area contributed by atoms with E-state index in [0.29, 0.717) is 6.20 Å². The van der Waals surface area contributed by atoms with Gasteiger partial charge in [0.05, 0.1) is 9.68 Å². The third kappa shape index (κ3) is 4.87. The molecule has 2 heterocycles. The van der Waals surface area contributed by atoms with Crippen LogP contribution < -0.4 is 11.2 Å². The van der Waals surface area contributed by atoms with Crippen molar-refractivity contribution in [3.8, 4) is 0 Å². The Hall–Kier alpha value is -1.58. The molecular weight excluding hydrogens is 437 g/mol. The standard InChI is InChI=1S/C10H13FN2O13P2/c11-10(3-24-28(22,23)26-27(19,20)21)6(16)5(15)8(25-10)13-1-4(2-14)7(17)12-9(13)18/h1-2,5-6,8,15-16H,3H2,(H,22,23)(H,12,17,18)(H2,19,20,21)/t5-,6+,8-,10-/m1/s1/i3D2,8D. The lowest BCUT2D eigenvalue weighted by Gasteiger charge is -2.23. The smallest absolute Gasteiger partial charge is 0.385 e. The first-order valence-corrected chi connectivity index (χ1v) is 9.69. The largest absolute Gasteiger partial charge is 0.481 e. The Kier molecular flexibility index (Phi) is 5.06. The predicted molar refractivity (Wildman–Crippen MR) is 81.6 cm³/mol. The van der Waals surface area contributed by atoms with Crippen LogP contribution in [0.4, 0.5) is 4.39 Å². The summed E-state index contributed by atoms with van der Waals surface area (Å²) < 4.78 is 71.6. The first-order valence-electron chi connectivity index (χ1n) is 8.17. The molecule has 1 aromatic rings. The number of phosphoric ester groups is 1. The third-order valence-electron chi connectivity index (χ3n) is 3.03. The number of carbonyl (C=O) groups is 1. The lowest BCUT2D eigenvalue weighted by atomic mass is 10.1. The molecule has 0 saturated carbocycles. The summed E-state index contributed by atoms with van der Waals surface area (Å²) in [6.07, 6.45) is -9.29. The van der Waals surface area contributed by atoms with Crippen molar-refractivity contribution in [2.24, 2.45) is 0 Å². The SMILES string of the molecule is [2H]C([2H])(OP(=O)(O)OP(=O)(O)O)[C@@]1(F)O[C@@]([2H])(n2cc(C=O)c(=O)[nH]c2=O)[C@H](O)[C@@H]1O. The van der Waals surface area contributed by atoms with Crippen molar-refractivity contribution < 1.29 is 60.9 Å². The van der Waals surface area contributed by atoms with Crippen LogP contribution in [0.25, 0.3) is 0 Å². The first-order chi connectivity index (χ1) is 13.8. The maximum Gasteiger partial charge on any atom is 0.481 e. The summed E-state index contributed by atoms with van der Waals surface area (Å²) in [5.74, 6) is -4.46. The van der Waals surface area contributed by atoms with Crippen LogP contribution in [0.1, 0.15) is 20.7 Å². The second-order valence-corrected chi connectivity index (χ2v) is 7.79. The quantitative estimate of drug-likeness (QED) is 0.185. The number of aliphatic hydroxyl groups is 2. The highest BCUT2D eigenvalue weighted by molar-refractivity contribution is 7.60. The number of nitrogens with zero attached hydrogens (tertiary/aromatic N) is 1. The zero-order valence-corrected chi connectivity index (χ0v) is 14.8. The predicted octanol–water partition coefficient (Wildman–Crippen LogP) is -2.51. The molecule has 1 aliphatic rings. The zero-order chi connectivity index (χ0) is 24.2. The van der Waals surface area contributed by atoms with Gasteiger partial charge in [0.15, 0.2) is 12.5 Å². The van der Waals surface area contributed by atoms with Gasteiger partial charge in [-0.15, -0.1) is 0 Å². The lowest BCUT2D eigenvalue weighted by molar-refractivity contribution is -0.204. The van der Waals surface area contributed by atoms with Gasteiger partial charge in [-0.05, 0) is 0 Å². The van der Waals surface area contributed by atoms with E-state index in [-0.39, 0.29) is 10.9 Å². The number of alkyl halides is 1.